The number of carbonyl (C=O) groups is 3. The SMILES string of the molecule is COC(=O)c1ccc(CNC(=O)c2cccc(NC(=O)CCCc3cccs3)c2)cc1. The Morgan fingerprint density at radius 2 is 1.77 bits per heavy atom. The van der Waals surface area contributed by atoms with Crippen molar-refractivity contribution in [3.63, 3.8) is 0 Å². The van der Waals surface area contributed by atoms with Gasteiger partial charge in [-0.15, -0.1) is 11.3 Å². The van der Waals surface area contributed by atoms with E-state index in [1.165, 1.54) is 12.0 Å². The van der Waals surface area contributed by atoms with Gasteiger partial charge in [0, 0.05) is 29.1 Å². The molecule has 0 unspecified atom stereocenters. The van der Waals surface area contributed by atoms with E-state index in [1.54, 1.807) is 59.9 Å². The van der Waals surface area contributed by atoms with Crippen LogP contribution in [0.15, 0.2) is 66.0 Å². The molecule has 0 spiro atoms. The third-order valence-corrected chi connectivity index (χ3v) is 5.58. The number of amides is 2. The molecule has 0 saturated carbocycles. The van der Waals surface area contributed by atoms with Crippen LogP contribution in [0.1, 0.15) is 44.0 Å². The summed E-state index contributed by atoms with van der Waals surface area (Å²) in [6.07, 6.45) is 2.09. The molecule has 1 aromatic heterocycles. The summed E-state index contributed by atoms with van der Waals surface area (Å²) in [5, 5.41) is 7.73. The fraction of sp³-hybridized carbons (Fsp3) is 0.208. The highest BCUT2D eigenvalue weighted by atomic mass is 32.1. The van der Waals surface area contributed by atoms with Crippen LogP contribution in [0.3, 0.4) is 0 Å². The second-order valence-corrected chi connectivity index (χ2v) is 7.97. The van der Waals surface area contributed by atoms with E-state index in [4.69, 9.17) is 0 Å². The molecule has 160 valence electrons. The molecule has 3 rings (SSSR count). The predicted octanol–water partition coefficient (Wildman–Crippen LogP) is 4.43. The average Bonchev–Trinajstić information content (AvgIpc) is 3.31. The lowest BCUT2D eigenvalue weighted by molar-refractivity contribution is -0.116. The lowest BCUT2D eigenvalue weighted by Crippen LogP contribution is -2.23. The highest BCUT2D eigenvalue weighted by Gasteiger charge is 2.09. The van der Waals surface area contributed by atoms with Crippen LogP contribution in [0.2, 0.25) is 0 Å². The van der Waals surface area contributed by atoms with Gasteiger partial charge in [-0.1, -0.05) is 24.3 Å². The molecule has 0 fully saturated rings. The number of benzene rings is 2. The minimum Gasteiger partial charge on any atom is -0.465 e. The van der Waals surface area contributed by atoms with Crippen molar-refractivity contribution in [2.45, 2.75) is 25.8 Å². The lowest BCUT2D eigenvalue weighted by Gasteiger charge is -2.09. The minimum absolute atomic E-state index is 0.0696. The number of anilines is 1. The van der Waals surface area contributed by atoms with Crippen molar-refractivity contribution in [2.75, 3.05) is 12.4 Å². The first-order chi connectivity index (χ1) is 15.0. The molecular formula is C24H24N2O4S. The first-order valence-corrected chi connectivity index (χ1v) is 10.8. The van der Waals surface area contributed by atoms with E-state index in [-0.39, 0.29) is 11.8 Å². The second-order valence-electron chi connectivity index (χ2n) is 6.93. The minimum atomic E-state index is -0.402. The van der Waals surface area contributed by atoms with Gasteiger partial charge in [0.2, 0.25) is 5.91 Å². The average molecular weight is 437 g/mol. The molecule has 0 aliphatic carbocycles. The van der Waals surface area contributed by atoms with Gasteiger partial charge in [-0.3, -0.25) is 9.59 Å². The summed E-state index contributed by atoms with van der Waals surface area (Å²) in [5.74, 6) is -0.716. The fourth-order valence-corrected chi connectivity index (χ4v) is 3.75. The van der Waals surface area contributed by atoms with Crippen LogP contribution >= 0.6 is 11.3 Å². The Kier molecular flexibility index (Phi) is 7.95. The van der Waals surface area contributed by atoms with E-state index in [1.807, 2.05) is 11.4 Å². The van der Waals surface area contributed by atoms with Crippen molar-refractivity contribution in [3.8, 4) is 0 Å². The first kappa shape index (κ1) is 22.2. The molecule has 2 N–H and O–H groups in total. The molecule has 2 amide bonds. The Balaban J connectivity index is 1.48. The second kappa shape index (κ2) is 11.1. The van der Waals surface area contributed by atoms with Crippen molar-refractivity contribution in [2.24, 2.45) is 0 Å². The number of aryl methyl sites for hydroxylation is 1. The Morgan fingerprint density at radius 1 is 0.968 bits per heavy atom. The summed E-state index contributed by atoms with van der Waals surface area (Å²) in [6, 6.07) is 17.8. The number of ether oxygens (including phenoxy) is 1. The largest absolute Gasteiger partial charge is 0.465 e. The zero-order valence-corrected chi connectivity index (χ0v) is 18.0. The van der Waals surface area contributed by atoms with Crippen molar-refractivity contribution in [3.05, 3.63) is 87.6 Å². The molecule has 0 radical (unpaired) electrons. The monoisotopic (exact) mass is 436 g/mol. The maximum atomic E-state index is 12.5. The van der Waals surface area contributed by atoms with Gasteiger partial charge in [0.15, 0.2) is 0 Å². The van der Waals surface area contributed by atoms with E-state index in [2.05, 4.69) is 21.4 Å². The van der Waals surface area contributed by atoms with Gasteiger partial charge in [-0.05, 0) is 60.2 Å². The van der Waals surface area contributed by atoms with Crippen molar-refractivity contribution >= 4 is 34.8 Å². The number of carbonyl (C=O) groups excluding carboxylic acids is 3. The van der Waals surface area contributed by atoms with Gasteiger partial charge in [0.1, 0.15) is 0 Å². The summed E-state index contributed by atoms with van der Waals surface area (Å²) in [4.78, 5) is 37.4. The fourth-order valence-electron chi connectivity index (χ4n) is 3.00. The van der Waals surface area contributed by atoms with Crippen molar-refractivity contribution in [1.82, 2.24) is 5.32 Å². The van der Waals surface area contributed by atoms with Crippen LogP contribution in [0.4, 0.5) is 5.69 Å². The molecule has 7 heteroatoms. The van der Waals surface area contributed by atoms with Crippen LogP contribution in [0.5, 0.6) is 0 Å². The zero-order chi connectivity index (χ0) is 22.1. The number of hydrogen-bond donors (Lipinski definition) is 2. The molecule has 0 atom stereocenters. The Morgan fingerprint density at radius 3 is 2.48 bits per heavy atom. The van der Waals surface area contributed by atoms with Crippen LogP contribution < -0.4 is 10.6 Å². The van der Waals surface area contributed by atoms with Gasteiger partial charge in [0.05, 0.1) is 12.7 Å². The molecule has 0 aliphatic rings. The number of methoxy groups -OCH3 is 1. The van der Waals surface area contributed by atoms with Gasteiger partial charge >= 0.3 is 5.97 Å². The third-order valence-electron chi connectivity index (χ3n) is 4.64. The van der Waals surface area contributed by atoms with Gasteiger partial charge < -0.3 is 15.4 Å². The van der Waals surface area contributed by atoms with Crippen LogP contribution in [0.25, 0.3) is 0 Å². The highest BCUT2D eigenvalue weighted by molar-refractivity contribution is 7.09. The van der Waals surface area contributed by atoms with E-state index in [9.17, 15) is 14.4 Å². The Labute approximate surface area is 185 Å². The molecule has 0 bridgehead atoms. The molecule has 0 aliphatic heterocycles. The van der Waals surface area contributed by atoms with Gasteiger partial charge in [-0.25, -0.2) is 4.79 Å². The molecule has 3 aromatic rings. The number of thiophene rings is 1. The van der Waals surface area contributed by atoms with Crippen LogP contribution in [-0.2, 0) is 22.5 Å². The van der Waals surface area contributed by atoms with Gasteiger partial charge in [-0.2, -0.15) is 0 Å². The first-order valence-electron chi connectivity index (χ1n) is 9.93. The summed E-state index contributed by atoms with van der Waals surface area (Å²) in [5.41, 5.74) is 2.37. The van der Waals surface area contributed by atoms with E-state index in [0.29, 0.717) is 29.8 Å². The summed E-state index contributed by atoms with van der Waals surface area (Å²) in [6.45, 7) is 0.319. The highest BCUT2D eigenvalue weighted by Crippen LogP contribution is 2.14. The Hall–Kier alpha value is -3.45. The summed E-state index contributed by atoms with van der Waals surface area (Å²) in [7, 11) is 1.33. The maximum absolute atomic E-state index is 12.5. The molecular weight excluding hydrogens is 412 g/mol. The standard InChI is InChI=1S/C24H24N2O4S/c1-30-24(29)18-12-10-17(11-13-18)16-25-23(28)19-5-2-6-20(15-19)26-22(27)9-3-7-21-8-4-14-31-21/h2,4-6,8,10-15H,3,7,9,16H2,1H3,(H,25,28)(H,26,27). The lowest BCUT2D eigenvalue weighted by atomic mass is 10.1. The smallest absolute Gasteiger partial charge is 0.337 e. The topological polar surface area (TPSA) is 84.5 Å². The van der Waals surface area contributed by atoms with E-state index < -0.39 is 5.97 Å². The molecule has 2 aromatic carbocycles. The third kappa shape index (κ3) is 6.79. The van der Waals surface area contributed by atoms with Crippen molar-refractivity contribution in [1.29, 1.82) is 0 Å². The number of nitrogens with one attached hydrogen (secondary N) is 2. The summed E-state index contributed by atoms with van der Waals surface area (Å²) >= 11 is 1.69. The molecule has 1 heterocycles. The number of rotatable bonds is 9. The molecule has 0 saturated heterocycles. The normalized spacial score (nSPS) is 10.4. The van der Waals surface area contributed by atoms with E-state index in [0.717, 1.165) is 18.4 Å². The summed E-state index contributed by atoms with van der Waals surface area (Å²) < 4.78 is 4.67. The van der Waals surface area contributed by atoms with Crippen LogP contribution in [-0.4, -0.2) is 24.9 Å². The van der Waals surface area contributed by atoms with Crippen LogP contribution in [0, 0.1) is 0 Å². The van der Waals surface area contributed by atoms with Crippen molar-refractivity contribution < 1.29 is 19.1 Å². The molecule has 31 heavy (non-hydrogen) atoms. The Bertz CT molecular complexity index is 1030. The van der Waals surface area contributed by atoms with Gasteiger partial charge in [0.25, 0.3) is 5.91 Å². The number of esters is 1. The molecule has 6 nitrogen and oxygen atoms in total. The zero-order valence-electron chi connectivity index (χ0n) is 17.2. The predicted molar refractivity (Wildman–Crippen MR) is 121 cm³/mol. The number of hydrogen-bond acceptors (Lipinski definition) is 5. The quantitative estimate of drug-likeness (QED) is 0.486. The van der Waals surface area contributed by atoms with E-state index >= 15 is 0 Å². The maximum Gasteiger partial charge on any atom is 0.337 e.